The topological polar surface area (TPSA) is 38.8 Å². The number of benzene rings is 1. The number of hydrogen-bond acceptors (Lipinski definition) is 4. The van der Waals surface area contributed by atoms with Crippen LogP contribution in [0.25, 0.3) is 0 Å². The molecule has 1 unspecified atom stereocenters. The van der Waals surface area contributed by atoms with Gasteiger partial charge in [0.25, 0.3) is 0 Å². The molecule has 0 amide bonds. The summed E-state index contributed by atoms with van der Waals surface area (Å²) in [6.07, 6.45) is 0. The molecule has 0 N–H and O–H groups in total. The Kier molecular flexibility index (Phi) is 5.57. The second-order valence-corrected chi connectivity index (χ2v) is 5.97. The van der Waals surface area contributed by atoms with Crippen LogP contribution in [0.4, 0.5) is 0 Å². The summed E-state index contributed by atoms with van der Waals surface area (Å²) in [6, 6.07) is 7.55. The summed E-state index contributed by atoms with van der Waals surface area (Å²) in [6.45, 7) is 8.17. The molecular weight excluding hydrogens is 254 g/mol. The van der Waals surface area contributed by atoms with Gasteiger partial charge in [-0.05, 0) is 52.4 Å². The molecule has 0 aliphatic carbocycles. The van der Waals surface area contributed by atoms with Crippen LogP contribution in [-0.2, 0) is 16.1 Å². The first-order chi connectivity index (χ1) is 9.23. The van der Waals surface area contributed by atoms with Gasteiger partial charge in [-0.1, -0.05) is 12.1 Å². The van der Waals surface area contributed by atoms with Gasteiger partial charge < -0.3 is 9.47 Å². The van der Waals surface area contributed by atoms with Gasteiger partial charge in [0.1, 0.15) is 17.4 Å². The Morgan fingerprint density at radius 2 is 1.80 bits per heavy atom. The second kappa shape index (κ2) is 6.75. The van der Waals surface area contributed by atoms with Crippen LogP contribution < -0.4 is 4.74 Å². The summed E-state index contributed by atoms with van der Waals surface area (Å²) in [5, 5.41) is 0. The molecule has 0 aromatic heterocycles. The zero-order chi connectivity index (χ0) is 15.3. The molecule has 4 nitrogen and oxygen atoms in total. The van der Waals surface area contributed by atoms with Crippen molar-refractivity contribution in [2.45, 2.75) is 45.9 Å². The maximum absolute atomic E-state index is 12.0. The van der Waals surface area contributed by atoms with E-state index in [1.807, 2.05) is 63.9 Å². The van der Waals surface area contributed by atoms with Gasteiger partial charge >= 0.3 is 5.97 Å². The maximum atomic E-state index is 12.0. The minimum atomic E-state index is -0.452. The van der Waals surface area contributed by atoms with Gasteiger partial charge in [-0.15, -0.1) is 0 Å². The van der Waals surface area contributed by atoms with Crippen molar-refractivity contribution < 1.29 is 14.3 Å². The molecule has 20 heavy (non-hydrogen) atoms. The zero-order valence-electron chi connectivity index (χ0n) is 13.3. The third kappa shape index (κ3) is 5.21. The SMILES string of the molecule is COc1ccc(CN(C)C(C)C(=O)OC(C)(C)C)cc1. The minimum Gasteiger partial charge on any atom is -0.497 e. The highest BCUT2D eigenvalue weighted by Gasteiger charge is 2.24. The number of rotatable bonds is 5. The zero-order valence-corrected chi connectivity index (χ0v) is 13.3. The van der Waals surface area contributed by atoms with Crippen LogP contribution >= 0.6 is 0 Å². The van der Waals surface area contributed by atoms with E-state index in [1.54, 1.807) is 7.11 Å². The summed E-state index contributed by atoms with van der Waals surface area (Å²) in [5.74, 6) is 0.630. The first-order valence-corrected chi connectivity index (χ1v) is 6.79. The number of nitrogens with zero attached hydrogens (tertiary/aromatic N) is 1. The number of hydrogen-bond donors (Lipinski definition) is 0. The van der Waals surface area contributed by atoms with Crippen LogP contribution in [0.2, 0.25) is 0 Å². The van der Waals surface area contributed by atoms with E-state index in [0.29, 0.717) is 6.54 Å². The molecule has 0 saturated carbocycles. The Hall–Kier alpha value is -1.55. The molecule has 0 fully saturated rings. The van der Waals surface area contributed by atoms with E-state index in [2.05, 4.69) is 0 Å². The van der Waals surface area contributed by atoms with Crippen LogP contribution in [0.3, 0.4) is 0 Å². The van der Waals surface area contributed by atoms with E-state index in [1.165, 1.54) is 0 Å². The quantitative estimate of drug-likeness (QED) is 0.777. The number of methoxy groups -OCH3 is 1. The number of ether oxygens (including phenoxy) is 2. The molecule has 1 aromatic carbocycles. The fourth-order valence-corrected chi connectivity index (χ4v) is 1.72. The molecule has 0 aliphatic heterocycles. The highest BCUT2D eigenvalue weighted by Crippen LogP contribution is 2.15. The summed E-state index contributed by atoms with van der Waals surface area (Å²) < 4.78 is 10.5. The fourth-order valence-electron chi connectivity index (χ4n) is 1.72. The molecular formula is C16H25NO3. The highest BCUT2D eigenvalue weighted by molar-refractivity contribution is 5.75. The van der Waals surface area contributed by atoms with Crippen LogP contribution in [0.1, 0.15) is 33.3 Å². The molecule has 112 valence electrons. The van der Waals surface area contributed by atoms with Crippen molar-refractivity contribution in [3.05, 3.63) is 29.8 Å². The van der Waals surface area contributed by atoms with Gasteiger partial charge in [-0.25, -0.2) is 0 Å². The summed E-state index contributed by atoms with van der Waals surface area (Å²) >= 11 is 0. The van der Waals surface area contributed by atoms with Crippen molar-refractivity contribution in [3.63, 3.8) is 0 Å². The maximum Gasteiger partial charge on any atom is 0.323 e. The monoisotopic (exact) mass is 279 g/mol. The predicted molar refractivity (Wildman–Crippen MR) is 79.8 cm³/mol. The average Bonchev–Trinajstić information content (AvgIpc) is 2.36. The number of carbonyl (C=O) groups is 1. The average molecular weight is 279 g/mol. The predicted octanol–water partition coefficient (Wildman–Crippen LogP) is 2.86. The van der Waals surface area contributed by atoms with E-state index in [-0.39, 0.29) is 12.0 Å². The van der Waals surface area contributed by atoms with Crippen LogP contribution in [0.5, 0.6) is 5.75 Å². The number of esters is 1. The molecule has 0 saturated heterocycles. The van der Waals surface area contributed by atoms with Gasteiger partial charge in [0, 0.05) is 6.54 Å². The van der Waals surface area contributed by atoms with Crippen LogP contribution in [0.15, 0.2) is 24.3 Å². The lowest BCUT2D eigenvalue weighted by Crippen LogP contribution is -2.40. The standard InChI is InChI=1S/C16H25NO3/c1-12(15(18)20-16(2,3)4)17(5)11-13-7-9-14(19-6)10-8-13/h7-10,12H,11H2,1-6H3. The first-order valence-electron chi connectivity index (χ1n) is 6.79. The summed E-state index contributed by atoms with van der Waals surface area (Å²) in [4.78, 5) is 14.0. The first kappa shape index (κ1) is 16.5. The summed E-state index contributed by atoms with van der Waals surface area (Å²) in [7, 11) is 3.56. The van der Waals surface area contributed by atoms with Gasteiger partial charge in [0.15, 0.2) is 0 Å². The Morgan fingerprint density at radius 1 is 1.25 bits per heavy atom. The van der Waals surface area contributed by atoms with E-state index < -0.39 is 5.60 Å². The third-order valence-corrected chi connectivity index (χ3v) is 3.00. The molecule has 0 bridgehead atoms. The minimum absolute atomic E-state index is 0.200. The molecule has 1 rings (SSSR count). The number of likely N-dealkylation sites (N-methyl/N-ethyl adjacent to an activating group) is 1. The molecule has 1 aromatic rings. The van der Waals surface area contributed by atoms with Gasteiger partial charge in [-0.3, -0.25) is 9.69 Å². The van der Waals surface area contributed by atoms with Crippen molar-refractivity contribution in [1.29, 1.82) is 0 Å². The highest BCUT2D eigenvalue weighted by atomic mass is 16.6. The van der Waals surface area contributed by atoms with Crippen molar-refractivity contribution in [3.8, 4) is 5.75 Å². The Bertz CT molecular complexity index is 434. The largest absolute Gasteiger partial charge is 0.497 e. The smallest absolute Gasteiger partial charge is 0.323 e. The summed E-state index contributed by atoms with van der Waals surface area (Å²) in [5.41, 5.74) is 0.676. The van der Waals surface area contributed by atoms with Crippen molar-refractivity contribution >= 4 is 5.97 Å². The van der Waals surface area contributed by atoms with E-state index in [9.17, 15) is 4.79 Å². The molecule has 0 spiro atoms. The van der Waals surface area contributed by atoms with E-state index in [0.717, 1.165) is 11.3 Å². The van der Waals surface area contributed by atoms with Crippen LogP contribution in [0, 0.1) is 0 Å². The Balaban J connectivity index is 2.60. The number of carbonyl (C=O) groups excluding carboxylic acids is 1. The van der Waals surface area contributed by atoms with E-state index in [4.69, 9.17) is 9.47 Å². The van der Waals surface area contributed by atoms with Crippen LogP contribution in [-0.4, -0.2) is 36.7 Å². The Labute approximate surface area is 121 Å². The second-order valence-electron chi connectivity index (χ2n) is 5.97. The van der Waals surface area contributed by atoms with Gasteiger partial charge in [0.05, 0.1) is 7.11 Å². The molecule has 1 atom stereocenters. The molecule has 4 heteroatoms. The lowest BCUT2D eigenvalue weighted by molar-refractivity contribution is -0.160. The van der Waals surface area contributed by atoms with E-state index >= 15 is 0 Å². The molecule has 0 radical (unpaired) electrons. The lowest BCUT2D eigenvalue weighted by atomic mass is 10.1. The Morgan fingerprint density at radius 3 is 2.25 bits per heavy atom. The lowest BCUT2D eigenvalue weighted by Gasteiger charge is -2.27. The van der Waals surface area contributed by atoms with Gasteiger partial charge in [-0.2, -0.15) is 0 Å². The van der Waals surface area contributed by atoms with Crippen molar-refractivity contribution in [1.82, 2.24) is 4.90 Å². The van der Waals surface area contributed by atoms with Crippen molar-refractivity contribution in [2.75, 3.05) is 14.2 Å². The normalized spacial score (nSPS) is 13.2. The van der Waals surface area contributed by atoms with Gasteiger partial charge in [0.2, 0.25) is 0 Å². The molecule has 0 aliphatic rings. The fraction of sp³-hybridized carbons (Fsp3) is 0.562. The van der Waals surface area contributed by atoms with Crippen molar-refractivity contribution in [2.24, 2.45) is 0 Å². The third-order valence-electron chi connectivity index (χ3n) is 3.00. The molecule has 0 heterocycles.